The number of nitrogen functional groups attached to an aromatic ring is 1. The second-order valence-corrected chi connectivity index (χ2v) is 4.31. The van der Waals surface area contributed by atoms with E-state index in [0.29, 0.717) is 10.7 Å². The van der Waals surface area contributed by atoms with Crippen LogP contribution in [-0.2, 0) is 0 Å². The number of hydrogen-bond acceptors (Lipinski definition) is 5. The zero-order valence-electron chi connectivity index (χ0n) is 9.96. The number of rotatable bonds is 3. The molecule has 0 spiro atoms. The molecule has 0 bridgehead atoms. The van der Waals surface area contributed by atoms with Crippen LogP contribution in [0.25, 0.3) is 0 Å². The molecule has 0 fully saturated rings. The van der Waals surface area contributed by atoms with Crippen LogP contribution < -0.4 is 10.5 Å². The lowest BCUT2D eigenvalue weighted by atomic mass is 10.3. The van der Waals surface area contributed by atoms with Crippen molar-refractivity contribution < 1.29 is 9.66 Å². The Morgan fingerprint density at radius 1 is 1.42 bits per heavy atom. The van der Waals surface area contributed by atoms with E-state index in [-0.39, 0.29) is 17.3 Å². The van der Waals surface area contributed by atoms with Crippen LogP contribution in [0.3, 0.4) is 0 Å². The fourth-order valence-electron chi connectivity index (χ4n) is 1.49. The highest BCUT2D eigenvalue weighted by atomic mass is 35.5. The molecule has 98 valence electrons. The fraction of sp³-hybridized carbons (Fsp3) is 0.0833. The molecule has 2 rings (SSSR count). The van der Waals surface area contributed by atoms with E-state index >= 15 is 0 Å². The Bertz CT molecular complexity index is 646. The third-order valence-electron chi connectivity index (χ3n) is 2.34. The fourth-order valence-corrected chi connectivity index (χ4v) is 1.65. The van der Waals surface area contributed by atoms with Gasteiger partial charge in [-0.3, -0.25) is 10.1 Å². The van der Waals surface area contributed by atoms with Gasteiger partial charge in [0.25, 0.3) is 0 Å². The Kier molecular flexibility index (Phi) is 3.52. The lowest BCUT2D eigenvalue weighted by molar-refractivity contribution is -0.385. The number of nitro benzene ring substituents is 1. The monoisotopic (exact) mass is 279 g/mol. The van der Waals surface area contributed by atoms with Gasteiger partial charge in [-0.25, -0.2) is 4.98 Å². The molecule has 0 amide bonds. The van der Waals surface area contributed by atoms with Crippen molar-refractivity contribution >= 4 is 23.0 Å². The SMILES string of the molecule is Cc1cnc(Oc2cc(Cl)ccc2[N+](=O)[O-])c(N)c1. The van der Waals surface area contributed by atoms with Crippen molar-refractivity contribution in [2.45, 2.75) is 6.92 Å². The van der Waals surface area contributed by atoms with Crippen LogP contribution in [0.2, 0.25) is 5.02 Å². The summed E-state index contributed by atoms with van der Waals surface area (Å²) in [6.45, 7) is 1.83. The van der Waals surface area contributed by atoms with E-state index in [1.54, 1.807) is 12.3 Å². The number of benzene rings is 1. The van der Waals surface area contributed by atoms with E-state index in [1.165, 1.54) is 18.2 Å². The topological polar surface area (TPSA) is 91.3 Å². The molecule has 7 heteroatoms. The second-order valence-electron chi connectivity index (χ2n) is 3.88. The molecule has 0 saturated heterocycles. The van der Waals surface area contributed by atoms with Gasteiger partial charge in [0.2, 0.25) is 11.6 Å². The molecular formula is C12H10ClN3O3. The third-order valence-corrected chi connectivity index (χ3v) is 2.58. The van der Waals surface area contributed by atoms with Gasteiger partial charge in [-0.05, 0) is 24.6 Å². The minimum absolute atomic E-state index is 0.000512. The summed E-state index contributed by atoms with van der Waals surface area (Å²) >= 11 is 5.80. The highest BCUT2D eigenvalue weighted by molar-refractivity contribution is 6.30. The van der Waals surface area contributed by atoms with E-state index in [1.807, 2.05) is 6.92 Å². The standard InChI is InChI=1S/C12H10ClN3O3/c1-7-4-9(14)12(15-6-7)19-11-5-8(13)2-3-10(11)16(17)18/h2-6H,14H2,1H3. The number of ether oxygens (including phenoxy) is 1. The van der Waals surface area contributed by atoms with Gasteiger partial charge < -0.3 is 10.5 Å². The van der Waals surface area contributed by atoms with Crippen LogP contribution in [0.5, 0.6) is 11.6 Å². The molecule has 0 saturated carbocycles. The van der Waals surface area contributed by atoms with E-state index < -0.39 is 4.92 Å². The van der Waals surface area contributed by atoms with Gasteiger partial charge in [0, 0.05) is 23.4 Å². The number of aromatic nitrogens is 1. The first-order valence-electron chi connectivity index (χ1n) is 5.31. The molecule has 0 aliphatic rings. The molecule has 2 aromatic rings. The molecule has 0 radical (unpaired) electrons. The summed E-state index contributed by atoms with van der Waals surface area (Å²) in [7, 11) is 0. The van der Waals surface area contributed by atoms with Gasteiger partial charge in [-0.15, -0.1) is 0 Å². The van der Waals surface area contributed by atoms with E-state index in [9.17, 15) is 10.1 Å². The molecule has 1 heterocycles. The average molecular weight is 280 g/mol. The van der Waals surface area contributed by atoms with Crippen LogP contribution in [0.15, 0.2) is 30.5 Å². The van der Waals surface area contributed by atoms with Crippen LogP contribution in [0.4, 0.5) is 11.4 Å². The van der Waals surface area contributed by atoms with Crippen LogP contribution in [0, 0.1) is 17.0 Å². The zero-order valence-corrected chi connectivity index (χ0v) is 10.7. The predicted molar refractivity (Wildman–Crippen MR) is 71.6 cm³/mol. The van der Waals surface area contributed by atoms with Crippen molar-refractivity contribution in [3.05, 3.63) is 51.2 Å². The van der Waals surface area contributed by atoms with Crippen molar-refractivity contribution in [3.63, 3.8) is 0 Å². The summed E-state index contributed by atoms with van der Waals surface area (Å²) in [6.07, 6.45) is 1.56. The lowest BCUT2D eigenvalue weighted by Crippen LogP contribution is -1.98. The van der Waals surface area contributed by atoms with Gasteiger partial charge in [0.15, 0.2) is 0 Å². The zero-order chi connectivity index (χ0) is 14.0. The Morgan fingerprint density at radius 2 is 2.16 bits per heavy atom. The maximum absolute atomic E-state index is 10.9. The largest absolute Gasteiger partial charge is 0.430 e. The summed E-state index contributed by atoms with van der Waals surface area (Å²) in [6, 6.07) is 5.69. The maximum atomic E-state index is 10.9. The quantitative estimate of drug-likeness (QED) is 0.687. The molecule has 0 aliphatic heterocycles. The molecule has 0 aliphatic carbocycles. The molecule has 6 nitrogen and oxygen atoms in total. The van der Waals surface area contributed by atoms with E-state index in [0.717, 1.165) is 5.56 Å². The van der Waals surface area contributed by atoms with Crippen molar-refractivity contribution in [1.29, 1.82) is 0 Å². The Labute approximate surface area is 113 Å². The Morgan fingerprint density at radius 3 is 2.79 bits per heavy atom. The molecule has 1 aromatic carbocycles. The van der Waals surface area contributed by atoms with Crippen molar-refractivity contribution in [1.82, 2.24) is 4.98 Å². The number of aryl methyl sites for hydroxylation is 1. The average Bonchev–Trinajstić information content (AvgIpc) is 2.32. The summed E-state index contributed by atoms with van der Waals surface area (Å²) in [5.74, 6) is 0.108. The smallest absolute Gasteiger partial charge is 0.311 e. The molecule has 1 aromatic heterocycles. The normalized spacial score (nSPS) is 10.2. The minimum Gasteiger partial charge on any atom is -0.430 e. The number of nitrogens with two attached hydrogens (primary N) is 1. The van der Waals surface area contributed by atoms with Crippen LogP contribution in [0.1, 0.15) is 5.56 Å². The van der Waals surface area contributed by atoms with Crippen LogP contribution in [-0.4, -0.2) is 9.91 Å². The molecule has 2 N–H and O–H groups in total. The number of anilines is 1. The third kappa shape index (κ3) is 2.92. The van der Waals surface area contributed by atoms with Gasteiger partial charge in [-0.2, -0.15) is 0 Å². The summed E-state index contributed by atoms with van der Waals surface area (Å²) < 4.78 is 5.38. The molecule has 0 atom stereocenters. The molecule has 0 unspecified atom stereocenters. The number of halogens is 1. The van der Waals surface area contributed by atoms with E-state index in [2.05, 4.69) is 4.98 Å². The lowest BCUT2D eigenvalue weighted by Gasteiger charge is -2.08. The van der Waals surface area contributed by atoms with Gasteiger partial charge in [0.1, 0.15) is 0 Å². The highest BCUT2D eigenvalue weighted by Crippen LogP contribution is 2.34. The summed E-state index contributed by atoms with van der Waals surface area (Å²) in [4.78, 5) is 14.3. The van der Waals surface area contributed by atoms with E-state index in [4.69, 9.17) is 22.1 Å². The van der Waals surface area contributed by atoms with Crippen LogP contribution >= 0.6 is 11.6 Å². The van der Waals surface area contributed by atoms with Crippen molar-refractivity contribution in [2.75, 3.05) is 5.73 Å². The first kappa shape index (κ1) is 13.1. The summed E-state index contributed by atoms with van der Waals surface area (Å²) in [5.41, 5.74) is 6.71. The van der Waals surface area contributed by atoms with Gasteiger partial charge >= 0.3 is 5.69 Å². The van der Waals surface area contributed by atoms with Crippen molar-refractivity contribution in [3.8, 4) is 11.6 Å². The number of hydrogen-bond donors (Lipinski definition) is 1. The predicted octanol–water partition coefficient (Wildman–Crippen LogP) is 3.33. The minimum atomic E-state index is -0.559. The van der Waals surface area contributed by atoms with Gasteiger partial charge in [0.05, 0.1) is 10.6 Å². The second kappa shape index (κ2) is 5.11. The van der Waals surface area contributed by atoms with Crippen molar-refractivity contribution in [2.24, 2.45) is 0 Å². The molecule has 19 heavy (non-hydrogen) atoms. The Balaban J connectivity index is 2.42. The maximum Gasteiger partial charge on any atom is 0.311 e. The summed E-state index contributed by atoms with van der Waals surface area (Å²) in [5, 5.41) is 11.2. The molecular weight excluding hydrogens is 270 g/mol. The number of nitro groups is 1. The number of nitrogens with zero attached hydrogens (tertiary/aromatic N) is 2. The first-order valence-corrected chi connectivity index (χ1v) is 5.69. The first-order chi connectivity index (χ1) is 8.97. The highest BCUT2D eigenvalue weighted by Gasteiger charge is 2.17. The number of pyridine rings is 1. The van der Waals surface area contributed by atoms with Gasteiger partial charge in [-0.1, -0.05) is 11.6 Å². The Hall–Kier alpha value is -2.34.